The molecule has 0 saturated heterocycles. The van der Waals surface area contributed by atoms with Gasteiger partial charge in [-0.1, -0.05) is 0 Å². The van der Waals surface area contributed by atoms with Crippen molar-refractivity contribution < 1.29 is 70.7 Å². The van der Waals surface area contributed by atoms with E-state index in [0.717, 1.165) is 0 Å². The molecule has 0 aliphatic carbocycles. The summed E-state index contributed by atoms with van der Waals surface area (Å²) in [7, 11) is 1.75. The van der Waals surface area contributed by atoms with E-state index in [0.29, 0.717) is 0 Å². The van der Waals surface area contributed by atoms with Crippen LogP contribution in [0.15, 0.2) is 0 Å². The third-order valence-corrected chi connectivity index (χ3v) is 0. The Labute approximate surface area is 103 Å². The maximum Gasteiger partial charge on any atom is 2.00 e. The van der Waals surface area contributed by atoms with Crippen molar-refractivity contribution in [3.8, 4) is 0 Å². The first-order valence-corrected chi connectivity index (χ1v) is 0.707. The summed E-state index contributed by atoms with van der Waals surface area (Å²) in [4.78, 5) is 0. The van der Waals surface area contributed by atoms with E-state index in [-0.39, 0.29) is 92.2 Å². The second-order valence-electron chi connectivity index (χ2n) is 0. The van der Waals surface area contributed by atoms with Gasteiger partial charge in [0, 0.05) is 0 Å². The third kappa shape index (κ3) is 29.0. The van der Waals surface area contributed by atoms with E-state index < -0.39 is 0 Å². The molecule has 1 nitrogen and oxygen atoms in total. The van der Waals surface area contributed by atoms with Crippen LogP contribution in [0.25, 0.3) is 0 Å². The second-order valence-corrected chi connectivity index (χ2v) is 0. The van der Waals surface area contributed by atoms with Crippen LogP contribution in [0.2, 0.25) is 0 Å². The molecule has 0 bridgehead atoms. The van der Waals surface area contributed by atoms with Crippen LogP contribution in [0.4, 0.5) is 0 Å². The summed E-state index contributed by atoms with van der Waals surface area (Å²) in [5, 5.41) is 0. The standard InChI is InChI=1S/CH5N.BrH.2HI.Pb/c1-2;;;;/h2H2,1H3;3*1H;/q;;;;+2/p-2. The molecule has 0 aliphatic rings. The first kappa shape index (κ1) is 37.0. The van der Waals surface area contributed by atoms with Crippen molar-refractivity contribution in [1.82, 2.24) is 0 Å². The predicted octanol–water partition coefficient (Wildman–Crippen LogP) is -10.5. The van der Waals surface area contributed by atoms with Crippen LogP contribution in [-0.2, 0) is 0 Å². The number of halogens is 3. The van der Waals surface area contributed by atoms with Crippen LogP contribution >= 0.6 is 0 Å². The second kappa shape index (κ2) is 45.7. The Kier molecular flexibility index (Phi) is 282. The van der Waals surface area contributed by atoms with Gasteiger partial charge in [0.2, 0.25) is 0 Å². The molecule has 6 heavy (non-hydrogen) atoms. The normalized spacial score (nSPS) is 1.00. The molecule has 0 amide bonds. The van der Waals surface area contributed by atoms with E-state index in [2.05, 4.69) is 5.73 Å². The molecule has 2 radical (unpaired) electrons. The van der Waals surface area contributed by atoms with Gasteiger partial charge in [0.05, 0.1) is 7.05 Å². The van der Waals surface area contributed by atoms with Crippen molar-refractivity contribution in [1.29, 1.82) is 0 Å². The molecule has 0 saturated carbocycles. The van der Waals surface area contributed by atoms with Crippen molar-refractivity contribution in [3.05, 3.63) is 0 Å². The minimum Gasteiger partial charge on any atom is -1.00 e. The monoisotopic (exact) mass is 573 g/mol. The van der Waals surface area contributed by atoms with Crippen molar-refractivity contribution in [3.63, 3.8) is 0 Å². The van der Waals surface area contributed by atoms with Crippen LogP contribution < -0.4 is 70.7 Å². The summed E-state index contributed by atoms with van der Waals surface area (Å²) in [6.45, 7) is 0. The van der Waals surface area contributed by atoms with E-state index in [1.807, 2.05) is 0 Å². The molecule has 5 heteroatoms. The number of quaternary nitrogens is 1. The van der Waals surface area contributed by atoms with E-state index in [1.54, 1.807) is 7.05 Å². The SMILES string of the molecule is C[NH3+].[Br-].[I-].[I-].[Pb+2]. The summed E-state index contributed by atoms with van der Waals surface area (Å²) in [6.07, 6.45) is 0. The van der Waals surface area contributed by atoms with Gasteiger partial charge in [-0.2, -0.15) is 0 Å². The van der Waals surface area contributed by atoms with E-state index in [4.69, 9.17) is 0 Å². The minimum absolute atomic E-state index is 0. The van der Waals surface area contributed by atoms with E-state index in [9.17, 15) is 0 Å². The van der Waals surface area contributed by atoms with Crippen LogP contribution in [0.1, 0.15) is 0 Å². The fraction of sp³-hybridized carbons (Fsp3) is 1.00. The number of hydrogen-bond acceptors (Lipinski definition) is 0. The molecule has 0 atom stereocenters. The van der Waals surface area contributed by atoms with Gasteiger partial charge in [-0.05, 0) is 0 Å². The summed E-state index contributed by atoms with van der Waals surface area (Å²) in [6, 6.07) is 0. The summed E-state index contributed by atoms with van der Waals surface area (Å²) >= 11 is 0. The topological polar surface area (TPSA) is 27.6 Å². The van der Waals surface area contributed by atoms with E-state index in [1.165, 1.54) is 0 Å². The minimum atomic E-state index is 0. The van der Waals surface area contributed by atoms with E-state index >= 15 is 0 Å². The van der Waals surface area contributed by atoms with Gasteiger partial charge in [-0.15, -0.1) is 0 Å². The van der Waals surface area contributed by atoms with Gasteiger partial charge in [0.15, 0.2) is 0 Å². The Morgan fingerprint density at radius 3 is 1.00 bits per heavy atom. The largest absolute Gasteiger partial charge is 2.00 e. The van der Waals surface area contributed by atoms with Gasteiger partial charge in [-0.3, -0.25) is 0 Å². The Balaban J connectivity index is -0.000000000833. The smallest absolute Gasteiger partial charge is 1.00 e. The molecule has 3 N–H and O–H groups in total. The van der Waals surface area contributed by atoms with Crippen LogP contribution in [0, 0.1) is 0 Å². The van der Waals surface area contributed by atoms with Gasteiger partial charge in [0.25, 0.3) is 0 Å². The third-order valence-electron chi connectivity index (χ3n) is 0. The Bertz CT molecular complexity index is 13.5. The van der Waals surface area contributed by atoms with Crippen LogP contribution in [0.3, 0.4) is 0 Å². The molecule has 0 rings (SSSR count). The van der Waals surface area contributed by atoms with Crippen molar-refractivity contribution in [2.75, 3.05) is 7.05 Å². The molecule has 0 aliphatic heterocycles. The molecular weight excluding hydrogens is 567 g/mol. The molecule has 0 aromatic rings. The first-order chi connectivity index (χ1) is 1.00. The Morgan fingerprint density at radius 2 is 1.00 bits per heavy atom. The quantitative estimate of drug-likeness (QED) is 0.221. The molecule has 0 unspecified atom stereocenters. The van der Waals surface area contributed by atoms with Crippen LogP contribution in [0.5, 0.6) is 0 Å². The van der Waals surface area contributed by atoms with Crippen molar-refractivity contribution in [2.24, 2.45) is 0 Å². The van der Waals surface area contributed by atoms with Crippen molar-refractivity contribution in [2.45, 2.75) is 0 Å². The zero-order chi connectivity index (χ0) is 2.00. The molecule has 0 heterocycles. The number of hydrogen-bond donors (Lipinski definition) is 1. The predicted molar refractivity (Wildman–Crippen MR) is 14.6 cm³/mol. The van der Waals surface area contributed by atoms with Gasteiger partial charge >= 0.3 is 27.3 Å². The fourth-order valence-electron chi connectivity index (χ4n) is 0. The van der Waals surface area contributed by atoms with Gasteiger partial charge in [0.1, 0.15) is 0 Å². The van der Waals surface area contributed by atoms with Gasteiger partial charge in [-0.25, -0.2) is 0 Å². The molecule has 0 aromatic carbocycles. The fourth-order valence-corrected chi connectivity index (χ4v) is 0. The Hall–Kier alpha value is 2.82. The zero-order valence-corrected chi connectivity index (χ0v) is 13.1. The molecule has 0 spiro atoms. The molecule has 40 valence electrons. The zero-order valence-electron chi connectivity index (χ0n) is 3.34. The average molecular weight is 573 g/mol. The summed E-state index contributed by atoms with van der Waals surface area (Å²) in [5.74, 6) is 0. The maximum absolute atomic E-state index is 3.25. The Morgan fingerprint density at radius 1 is 1.00 bits per heavy atom. The maximum atomic E-state index is 3.25. The van der Waals surface area contributed by atoms with Gasteiger partial charge < -0.3 is 70.7 Å². The van der Waals surface area contributed by atoms with Crippen molar-refractivity contribution >= 4 is 27.3 Å². The first-order valence-electron chi connectivity index (χ1n) is 0.707. The molecular formula is CH6BrI2NPb. The molecule has 0 aromatic heterocycles. The molecule has 0 fully saturated rings. The summed E-state index contributed by atoms with van der Waals surface area (Å²) < 4.78 is 0. The summed E-state index contributed by atoms with van der Waals surface area (Å²) in [5.41, 5.74) is 3.25. The number of rotatable bonds is 0. The van der Waals surface area contributed by atoms with Crippen LogP contribution in [-0.4, -0.2) is 34.3 Å². The average Bonchev–Trinajstić information content (AvgIpc) is 1.00.